The van der Waals surface area contributed by atoms with Gasteiger partial charge >= 0.3 is 0 Å². The number of benzene rings is 1. The zero-order valence-electron chi connectivity index (χ0n) is 10.1. The zero-order valence-corrected chi connectivity index (χ0v) is 11.0. The van der Waals surface area contributed by atoms with E-state index >= 15 is 0 Å². The van der Waals surface area contributed by atoms with E-state index in [0.29, 0.717) is 0 Å². The molecule has 5 heteroatoms. The quantitative estimate of drug-likeness (QED) is 0.905. The standard InChI is InChI=1S/C13H13NO3S/c1-7(15)13-14-12(8(2)18-13)9-3-4-10-11(5-9)17-6-16-10/h3-5,7,15H,6H2,1-2H3. The molecule has 18 heavy (non-hydrogen) atoms. The molecule has 2 heterocycles. The maximum Gasteiger partial charge on any atom is 0.231 e. The lowest BCUT2D eigenvalue weighted by Crippen LogP contribution is -1.92. The molecule has 1 aromatic carbocycles. The maximum absolute atomic E-state index is 9.57. The van der Waals surface area contributed by atoms with Gasteiger partial charge in [0.15, 0.2) is 11.5 Å². The van der Waals surface area contributed by atoms with Crippen molar-refractivity contribution >= 4 is 11.3 Å². The van der Waals surface area contributed by atoms with Crippen LogP contribution >= 0.6 is 11.3 Å². The highest BCUT2D eigenvalue weighted by atomic mass is 32.1. The Morgan fingerprint density at radius 2 is 2.11 bits per heavy atom. The number of hydrogen-bond donors (Lipinski definition) is 1. The van der Waals surface area contributed by atoms with Crippen molar-refractivity contribution in [1.82, 2.24) is 4.98 Å². The fourth-order valence-corrected chi connectivity index (χ4v) is 2.79. The van der Waals surface area contributed by atoms with Crippen LogP contribution in [0.15, 0.2) is 18.2 Å². The number of hydrogen-bond acceptors (Lipinski definition) is 5. The van der Waals surface area contributed by atoms with Crippen molar-refractivity contribution in [3.8, 4) is 22.8 Å². The molecular formula is C13H13NO3S. The summed E-state index contributed by atoms with van der Waals surface area (Å²) >= 11 is 1.52. The Morgan fingerprint density at radius 1 is 1.33 bits per heavy atom. The molecule has 4 nitrogen and oxygen atoms in total. The number of nitrogens with zero attached hydrogens (tertiary/aromatic N) is 1. The van der Waals surface area contributed by atoms with E-state index in [1.807, 2.05) is 25.1 Å². The van der Waals surface area contributed by atoms with Crippen molar-refractivity contribution in [3.63, 3.8) is 0 Å². The number of ether oxygens (including phenoxy) is 2. The second-order valence-electron chi connectivity index (χ2n) is 4.20. The molecule has 0 amide bonds. The van der Waals surface area contributed by atoms with Gasteiger partial charge in [-0.1, -0.05) is 0 Å². The predicted octanol–water partition coefficient (Wildman–Crippen LogP) is 2.90. The smallest absolute Gasteiger partial charge is 0.231 e. The van der Waals surface area contributed by atoms with E-state index in [2.05, 4.69) is 4.98 Å². The van der Waals surface area contributed by atoms with Crippen LogP contribution in [0.2, 0.25) is 0 Å². The van der Waals surface area contributed by atoms with Crippen molar-refractivity contribution in [2.75, 3.05) is 6.79 Å². The molecule has 0 bridgehead atoms. The van der Waals surface area contributed by atoms with Gasteiger partial charge in [-0.05, 0) is 32.0 Å². The lowest BCUT2D eigenvalue weighted by atomic mass is 10.1. The molecule has 0 aliphatic carbocycles. The third kappa shape index (κ3) is 1.85. The van der Waals surface area contributed by atoms with Gasteiger partial charge in [0.05, 0.1) is 5.69 Å². The lowest BCUT2D eigenvalue weighted by molar-refractivity contribution is 0.174. The van der Waals surface area contributed by atoms with Crippen LogP contribution in [0.1, 0.15) is 22.9 Å². The molecule has 0 spiro atoms. The molecule has 2 aromatic rings. The Balaban J connectivity index is 2.04. The van der Waals surface area contributed by atoms with Crippen molar-refractivity contribution in [2.24, 2.45) is 0 Å². The van der Waals surface area contributed by atoms with E-state index in [0.717, 1.165) is 32.6 Å². The van der Waals surface area contributed by atoms with Crippen molar-refractivity contribution in [1.29, 1.82) is 0 Å². The number of aromatic nitrogens is 1. The van der Waals surface area contributed by atoms with Crippen LogP contribution in [0, 0.1) is 6.92 Å². The number of aliphatic hydroxyl groups excluding tert-OH is 1. The minimum Gasteiger partial charge on any atom is -0.454 e. The largest absolute Gasteiger partial charge is 0.454 e. The number of aliphatic hydroxyl groups is 1. The summed E-state index contributed by atoms with van der Waals surface area (Å²) in [4.78, 5) is 5.56. The minimum atomic E-state index is -0.531. The Morgan fingerprint density at radius 3 is 2.83 bits per heavy atom. The van der Waals surface area contributed by atoms with E-state index in [4.69, 9.17) is 9.47 Å². The molecule has 1 N–H and O–H groups in total. The molecule has 0 fully saturated rings. The van der Waals surface area contributed by atoms with Crippen LogP contribution in [-0.4, -0.2) is 16.9 Å². The SMILES string of the molecule is Cc1sc(C(C)O)nc1-c1ccc2c(c1)OCO2. The topological polar surface area (TPSA) is 51.6 Å². The van der Waals surface area contributed by atoms with Gasteiger partial charge in [0, 0.05) is 10.4 Å². The Bertz CT molecular complexity index is 592. The summed E-state index contributed by atoms with van der Waals surface area (Å²) in [6, 6.07) is 5.77. The first-order chi connectivity index (χ1) is 8.65. The summed E-state index contributed by atoms with van der Waals surface area (Å²) in [6.45, 7) is 4.00. The van der Waals surface area contributed by atoms with Crippen molar-refractivity contribution in [3.05, 3.63) is 28.1 Å². The summed E-state index contributed by atoms with van der Waals surface area (Å²) < 4.78 is 10.6. The van der Waals surface area contributed by atoms with E-state index in [1.165, 1.54) is 11.3 Å². The van der Waals surface area contributed by atoms with Gasteiger partial charge in [0.1, 0.15) is 11.1 Å². The third-order valence-corrected chi connectivity index (χ3v) is 3.96. The highest BCUT2D eigenvalue weighted by Gasteiger charge is 2.17. The zero-order chi connectivity index (χ0) is 12.7. The average Bonchev–Trinajstić information content (AvgIpc) is 2.93. The summed E-state index contributed by atoms with van der Waals surface area (Å²) in [6.07, 6.45) is -0.531. The van der Waals surface area contributed by atoms with Crippen LogP contribution < -0.4 is 9.47 Å². The van der Waals surface area contributed by atoms with Gasteiger partial charge in [0.2, 0.25) is 6.79 Å². The third-order valence-electron chi connectivity index (χ3n) is 2.82. The number of rotatable bonds is 2. The Hall–Kier alpha value is -1.59. The van der Waals surface area contributed by atoms with Gasteiger partial charge in [-0.15, -0.1) is 11.3 Å². The minimum absolute atomic E-state index is 0.272. The lowest BCUT2D eigenvalue weighted by Gasteiger charge is -2.01. The normalized spacial score (nSPS) is 14.8. The van der Waals surface area contributed by atoms with Gasteiger partial charge in [-0.25, -0.2) is 4.98 Å². The van der Waals surface area contributed by atoms with E-state index in [-0.39, 0.29) is 6.79 Å². The fraction of sp³-hybridized carbons (Fsp3) is 0.308. The maximum atomic E-state index is 9.57. The van der Waals surface area contributed by atoms with Gasteiger partial charge in [-0.3, -0.25) is 0 Å². The molecule has 3 rings (SSSR count). The molecule has 1 aliphatic heterocycles. The van der Waals surface area contributed by atoms with Crippen LogP contribution in [-0.2, 0) is 0 Å². The predicted molar refractivity (Wildman–Crippen MR) is 69.0 cm³/mol. The number of aryl methyl sites for hydroxylation is 1. The highest BCUT2D eigenvalue weighted by molar-refractivity contribution is 7.12. The average molecular weight is 263 g/mol. The molecule has 94 valence electrons. The van der Waals surface area contributed by atoms with Gasteiger partial charge < -0.3 is 14.6 Å². The van der Waals surface area contributed by atoms with E-state index < -0.39 is 6.10 Å². The Kier molecular flexibility index (Phi) is 2.72. The molecule has 1 aromatic heterocycles. The van der Waals surface area contributed by atoms with Crippen molar-refractivity contribution in [2.45, 2.75) is 20.0 Å². The molecule has 1 aliphatic rings. The van der Waals surface area contributed by atoms with Crippen molar-refractivity contribution < 1.29 is 14.6 Å². The number of fused-ring (bicyclic) bond motifs is 1. The summed E-state index contributed by atoms with van der Waals surface area (Å²) in [7, 11) is 0. The fourth-order valence-electron chi connectivity index (χ4n) is 1.91. The first-order valence-corrected chi connectivity index (χ1v) is 6.52. The molecule has 0 saturated heterocycles. The van der Waals surface area contributed by atoms with Crippen LogP contribution in [0.4, 0.5) is 0 Å². The molecular weight excluding hydrogens is 250 g/mol. The molecule has 0 saturated carbocycles. The van der Waals surface area contributed by atoms with Gasteiger partial charge in [-0.2, -0.15) is 0 Å². The van der Waals surface area contributed by atoms with Gasteiger partial charge in [0.25, 0.3) is 0 Å². The second kappa shape index (κ2) is 4.26. The summed E-state index contributed by atoms with van der Waals surface area (Å²) in [5, 5.41) is 10.3. The van der Waals surface area contributed by atoms with Crippen LogP contribution in [0.25, 0.3) is 11.3 Å². The number of thiazole rings is 1. The first kappa shape index (κ1) is 11.5. The summed E-state index contributed by atoms with van der Waals surface area (Å²) in [5.41, 5.74) is 1.88. The summed E-state index contributed by atoms with van der Waals surface area (Å²) in [5.74, 6) is 1.51. The van der Waals surface area contributed by atoms with E-state index in [9.17, 15) is 5.11 Å². The molecule has 1 atom stereocenters. The molecule has 0 radical (unpaired) electrons. The van der Waals surface area contributed by atoms with Crippen LogP contribution in [0.3, 0.4) is 0 Å². The first-order valence-electron chi connectivity index (χ1n) is 5.70. The molecule has 1 unspecified atom stereocenters. The van der Waals surface area contributed by atoms with E-state index in [1.54, 1.807) is 6.92 Å². The second-order valence-corrected chi connectivity index (χ2v) is 5.44. The highest BCUT2D eigenvalue weighted by Crippen LogP contribution is 2.38. The monoisotopic (exact) mass is 263 g/mol. The Labute approximate surface area is 109 Å². The van der Waals surface area contributed by atoms with Crippen LogP contribution in [0.5, 0.6) is 11.5 Å².